The summed E-state index contributed by atoms with van der Waals surface area (Å²) >= 11 is 0. The van der Waals surface area contributed by atoms with Crippen LogP contribution in [0.3, 0.4) is 0 Å². The molecule has 3 N–H and O–H groups in total. The molecule has 1 aromatic rings. The van der Waals surface area contributed by atoms with E-state index in [-0.39, 0.29) is 6.03 Å². The van der Waals surface area contributed by atoms with Crippen molar-refractivity contribution >= 4 is 11.7 Å². The number of hydrogen-bond acceptors (Lipinski definition) is 2. The van der Waals surface area contributed by atoms with E-state index >= 15 is 0 Å². The summed E-state index contributed by atoms with van der Waals surface area (Å²) in [5.74, 6) is 0.318. The number of rotatable bonds is 2. The van der Waals surface area contributed by atoms with Gasteiger partial charge < -0.3 is 16.0 Å². The Bertz CT molecular complexity index is 452. The molecule has 1 aromatic carbocycles. The van der Waals surface area contributed by atoms with Crippen LogP contribution in [0.1, 0.15) is 5.56 Å². The third kappa shape index (κ3) is 3.17. The van der Waals surface area contributed by atoms with Gasteiger partial charge in [-0.25, -0.2) is 4.79 Å². The second-order valence-electron chi connectivity index (χ2n) is 4.51. The summed E-state index contributed by atoms with van der Waals surface area (Å²) in [4.78, 5) is 13.3. The number of likely N-dealkylation sites (tertiary alicyclic amines) is 1. The first-order chi connectivity index (χ1) is 8.90. The molecular weight excluding hydrogens is 259 g/mol. The molecule has 1 fully saturated rings. The van der Waals surface area contributed by atoms with Gasteiger partial charge in [0.25, 0.3) is 0 Å². The SMILES string of the molecule is NCC1CN(C(=O)Nc2ccc(C(F)(F)F)cc2)C1. The van der Waals surface area contributed by atoms with E-state index in [2.05, 4.69) is 5.32 Å². The molecule has 0 aliphatic carbocycles. The maximum absolute atomic E-state index is 12.3. The predicted octanol–water partition coefficient (Wildman–Crippen LogP) is 2.13. The fourth-order valence-corrected chi connectivity index (χ4v) is 1.83. The average molecular weight is 273 g/mol. The summed E-state index contributed by atoms with van der Waals surface area (Å²) in [5.41, 5.74) is 5.04. The van der Waals surface area contributed by atoms with Gasteiger partial charge in [-0.2, -0.15) is 13.2 Å². The average Bonchev–Trinajstić information content (AvgIpc) is 2.27. The summed E-state index contributed by atoms with van der Waals surface area (Å²) in [6.45, 7) is 1.70. The number of hydrogen-bond donors (Lipinski definition) is 2. The molecular formula is C12H14F3N3O. The van der Waals surface area contributed by atoms with E-state index in [1.54, 1.807) is 4.90 Å². The van der Waals surface area contributed by atoms with Crippen LogP contribution in [-0.4, -0.2) is 30.6 Å². The van der Waals surface area contributed by atoms with Gasteiger partial charge in [0.1, 0.15) is 0 Å². The molecule has 7 heteroatoms. The maximum atomic E-state index is 12.3. The van der Waals surface area contributed by atoms with Crippen LogP contribution in [0.25, 0.3) is 0 Å². The Morgan fingerprint density at radius 2 is 1.89 bits per heavy atom. The predicted molar refractivity (Wildman–Crippen MR) is 64.6 cm³/mol. The minimum Gasteiger partial charge on any atom is -0.330 e. The Hall–Kier alpha value is -1.76. The van der Waals surface area contributed by atoms with Gasteiger partial charge in [0.15, 0.2) is 0 Å². The van der Waals surface area contributed by atoms with E-state index in [1.165, 1.54) is 12.1 Å². The van der Waals surface area contributed by atoms with Crippen molar-refractivity contribution in [3.63, 3.8) is 0 Å². The molecule has 0 aromatic heterocycles. The number of nitrogens with two attached hydrogens (primary N) is 1. The molecule has 0 radical (unpaired) electrons. The number of carbonyl (C=O) groups is 1. The lowest BCUT2D eigenvalue weighted by Gasteiger charge is -2.38. The summed E-state index contributed by atoms with van der Waals surface area (Å²) in [5, 5.41) is 2.55. The molecule has 1 aliphatic heterocycles. The molecule has 0 spiro atoms. The fourth-order valence-electron chi connectivity index (χ4n) is 1.83. The Morgan fingerprint density at radius 1 is 1.32 bits per heavy atom. The van der Waals surface area contributed by atoms with Crippen molar-refractivity contribution < 1.29 is 18.0 Å². The van der Waals surface area contributed by atoms with E-state index in [9.17, 15) is 18.0 Å². The van der Waals surface area contributed by atoms with E-state index < -0.39 is 11.7 Å². The van der Waals surface area contributed by atoms with Crippen LogP contribution in [0.5, 0.6) is 0 Å². The van der Waals surface area contributed by atoms with Crippen LogP contribution >= 0.6 is 0 Å². The first-order valence-corrected chi connectivity index (χ1v) is 5.83. The van der Waals surface area contributed by atoms with Crippen molar-refractivity contribution in [1.29, 1.82) is 0 Å². The number of anilines is 1. The molecule has 0 unspecified atom stereocenters. The molecule has 0 atom stereocenters. The van der Waals surface area contributed by atoms with E-state index in [0.717, 1.165) is 12.1 Å². The Morgan fingerprint density at radius 3 is 2.37 bits per heavy atom. The second kappa shape index (κ2) is 5.08. The van der Waals surface area contributed by atoms with Gasteiger partial charge in [-0.1, -0.05) is 0 Å². The number of carbonyl (C=O) groups excluding carboxylic acids is 1. The van der Waals surface area contributed by atoms with Crippen molar-refractivity contribution in [2.75, 3.05) is 25.0 Å². The molecule has 1 saturated heterocycles. The Kier molecular flexibility index (Phi) is 3.66. The van der Waals surface area contributed by atoms with Gasteiger partial charge in [0, 0.05) is 24.7 Å². The fraction of sp³-hybridized carbons (Fsp3) is 0.417. The van der Waals surface area contributed by atoms with Gasteiger partial charge >= 0.3 is 12.2 Å². The van der Waals surface area contributed by atoms with Gasteiger partial charge in [-0.15, -0.1) is 0 Å². The number of urea groups is 1. The number of nitrogens with one attached hydrogen (secondary N) is 1. The molecule has 0 saturated carbocycles. The zero-order chi connectivity index (χ0) is 14.0. The normalized spacial score (nSPS) is 16.1. The standard InChI is InChI=1S/C12H14F3N3O/c13-12(14,15)9-1-3-10(4-2-9)17-11(19)18-6-8(5-16)7-18/h1-4,8H,5-7,16H2,(H,17,19). The van der Waals surface area contributed by atoms with E-state index in [0.29, 0.717) is 31.2 Å². The maximum Gasteiger partial charge on any atom is 0.416 e. The van der Waals surface area contributed by atoms with Crippen LogP contribution in [-0.2, 0) is 6.18 Å². The lowest BCUT2D eigenvalue weighted by Crippen LogP contribution is -2.53. The second-order valence-corrected chi connectivity index (χ2v) is 4.51. The minimum absolute atomic E-state index is 0.315. The van der Waals surface area contributed by atoms with Gasteiger partial charge in [-0.3, -0.25) is 0 Å². The zero-order valence-corrected chi connectivity index (χ0v) is 10.1. The highest BCUT2D eigenvalue weighted by Gasteiger charge is 2.31. The molecule has 1 aliphatic rings. The van der Waals surface area contributed by atoms with E-state index in [1.807, 2.05) is 0 Å². The summed E-state index contributed by atoms with van der Waals surface area (Å²) in [6.07, 6.45) is -4.37. The molecule has 19 heavy (non-hydrogen) atoms. The van der Waals surface area contributed by atoms with Crippen molar-refractivity contribution in [1.82, 2.24) is 4.90 Å². The first kappa shape index (κ1) is 13.7. The number of amides is 2. The van der Waals surface area contributed by atoms with Crippen molar-refractivity contribution in [2.45, 2.75) is 6.18 Å². The van der Waals surface area contributed by atoms with Crippen LogP contribution in [0.15, 0.2) is 24.3 Å². The molecule has 4 nitrogen and oxygen atoms in total. The van der Waals surface area contributed by atoms with Crippen molar-refractivity contribution in [3.8, 4) is 0 Å². The third-order valence-corrected chi connectivity index (χ3v) is 3.04. The lowest BCUT2D eigenvalue weighted by molar-refractivity contribution is -0.137. The van der Waals surface area contributed by atoms with Crippen molar-refractivity contribution in [2.24, 2.45) is 11.7 Å². The summed E-state index contributed by atoms with van der Waals surface area (Å²) < 4.78 is 37.0. The first-order valence-electron chi connectivity index (χ1n) is 5.83. The summed E-state index contributed by atoms with van der Waals surface area (Å²) in [7, 11) is 0. The number of benzene rings is 1. The zero-order valence-electron chi connectivity index (χ0n) is 10.1. The van der Waals surface area contributed by atoms with Crippen LogP contribution in [0, 0.1) is 5.92 Å². The monoisotopic (exact) mass is 273 g/mol. The molecule has 104 valence electrons. The Balaban J connectivity index is 1.91. The van der Waals surface area contributed by atoms with Gasteiger partial charge in [0.2, 0.25) is 0 Å². The number of nitrogens with zero attached hydrogens (tertiary/aromatic N) is 1. The molecule has 1 heterocycles. The topological polar surface area (TPSA) is 58.4 Å². The highest BCUT2D eigenvalue weighted by molar-refractivity contribution is 5.89. The third-order valence-electron chi connectivity index (χ3n) is 3.04. The van der Waals surface area contributed by atoms with Crippen LogP contribution in [0.2, 0.25) is 0 Å². The van der Waals surface area contributed by atoms with Crippen LogP contribution < -0.4 is 11.1 Å². The number of alkyl halides is 3. The van der Waals surface area contributed by atoms with Gasteiger partial charge in [0.05, 0.1) is 5.56 Å². The largest absolute Gasteiger partial charge is 0.416 e. The van der Waals surface area contributed by atoms with E-state index in [4.69, 9.17) is 5.73 Å². The molecule has 0 bridgehead atoms. The molecule has 2 amide bonds. The highest BCUT2D eigenvalue weighted by Crippen LogP contribution is 2.29. The Labute approximate surface area is 108 Å². The number of halogens is 3. The summed E-state index contributed by atoms with van der Waals surface area (Å²) in [6, 6.07) is 4.04. The van der Waals surface area contributed by atoms with Crippen molar-refractivity contribution in [3.05, 3.63) is 29.8 Å². The van der Waals surface area contributed by atoms with Crippen LogP contribution in [0.4, 0.5) is 23.7 Å². The quantitative estimate of drug-likeness (QED) is 0.867. The highest BCUT2D eigenvalue weighted by atomic mass is 19.4. The minimum atomic E-state index is -4.37. The smallest absolute Gasteiger partial charge is 0.330 e. The van der Waals surface area contributed by atoms with Gasteiger partial charge in [-0.05, 0) is 30.8 Å². The lowest BCUT2D eigenvalue weighted by atomic mass is 10.0. The molecule has 2 rings (SSSR count).